The summed E-state index contributed by atoms with van der Waals surface area (Å²) in [6.45, 7) is 13.8. The van der Waals surface area contributed by atoms with E-state index in [1.165, 1.54) is 0 Å². The van der Waals surface area contributed by atoms with Gasteiger partial charge in [-0.2, -0.15) is 0 Å². The summed E-state index contributed by atoms with van der Waals surface area (Å²) in [5.74, 6) is -2.29. The van der Waals surface area contributed by atoms with E-state index < -0.39 is 35.1 Å². The topological polar surface area (TPSA) is 121 Å². The quantitative estimate of drug-likeness (QED) is 0.384. The molecule has 0 aliphatic carbocycles. The van der Waals surface area contributed by atoms with Crippen LogP contribution in [0.25, 0.3) is 11.0 Å². The highest BCUT2D eigenvalue weighted by molar-refractivity contribution is 5.99. The van der Waals surface area contributed by atoms with Gasteiger partial charge in [0.05, 0.1) is 35.6 Å². The number of rotatable bonds is 12. The predicted molar refractivity (Wildman–Crippen MR) is 157 cm³/mol. The zero-order chi connectivity index (χ0) is 30.4. The van der Waals surface area contributed by atoms with Crippen LogP contribution in [-0.4, -0.2) is 103 Å². The Balaban J connectivity index is 1.59. The fourth-order valence-corrected chi connectivity index (χ4v) is 7.48. The standard InChI is InChI=1S/C31H42N6O5/c1-7-15-34(6)27(39)24-25-28(40)37(21(18-38)17-20(3)4)26(31(25)14-13-30(24,5)42-31)29(41)35(16-8-2)19-36-23-12-10-9-11-22(23)32-33-36/h7-12,20-21,24-26,38H,1-2,13-19H2,3-6H3/t21-,24+,25+,26?,30-,31?/m1/s1. The van der Waals surface area contributed by atoms with Crippen LogP contribution in [0.5, 0.6) is 0 Å². The van der Waals surface area contributed by atoms with Gasteiger partial charge in [-0.15, -0.1) is 18.3 Å². The summed E-state index contributed by atoms with van der Waals surface area (Å²) in [4.78, 5) is 47.8. The van der Waals surface area contributed by atoms with E-state index in [1.54, 1.807) is 38.6 Å². The number of aliphatic hydroxyl groups is 1. The van der Waals surface area contributed by atoms with Crippen molar-refractivity contribution >= 4 is 28.8 Å². The number of likely N-dealkylation sites (tertiary alicyclic amines) is 1. The molecule has 11 heteroatoms. The van der Waals surface area contributed by atoms with Gasteiger partial charge in [-0.1, -0.05) is 43.3 Å². The molecule has 2 aromatic rings. The number of carbonyl (C=O) groups excluding carboxylic acids is 3. The number of likely N-dealkylation sites (N-methyl/N-ethyl adjacent to an activating group) is 1. The molecule has 6 atom stereocenters. The summed E-state index contributed by atoms with van der Waals surface area (Å²) >= 11 is 0. The first kappa shape index (κ1) is 29.9. The van der Waals surface area contributed by atoms with Crippen molar-refractivity contribution in [2.75, 3.05) is 26.7 Å². The molecule has 226 valence electrons. The molecule has 1 aromatic heterocycles. The molecule has 4 heterocycles. The van der Waals surface area contributed by atoms with Gasteiger partial charge in [0.15, 0.2) is 0 Å². The fourth-order valence-electron chi connectivity index (χ4n) is 7.48. The number of aromatic nitrogens is 3. The summed E-state index contributed by atoms with van der Waals surface area (Å²) < 4.78 is 8.42. The zero-order valence-corrected chi connectivity index (χ0v) is 25.0. The number of amides is 3. The first-order valence-electron chi connectivity index (χ1n) is 14.7. The van der Waals surface area contributed by atoms with E-state index in [0.29, 0.717) is 31.3 Å². The number of carbonyl (C=O) groups is 3. The van der Waals surface area contributed by atoms with Crippen molar-refractivity contribution in [2.45, 2.75) is 70.0 Å². The van der Waals surface area contributed by atoms with Crippen molar-refractivity contribution in [1.82, 2.24) is 29.7 Å². The van der Waals surface area contributed by atoms with Crippen LogP contribution in [0.1, 0.15) is 40.0 Å². The maximum Gasteiger partial charge on any atom is 0.250 e. The first-order chi connectivity index (χ1) is 20.0. The molecule has 3 aliphatic heterocycles. The summed E-state index contributed by atoms with van der Waals surface area (Å²) in [5.41, 5.74) is -0.626. The van der Waals surface area contributed by atoms with Gasteiger partial charge in [-0.05, 0) is 44.2 Å². The van der Waals surface area contributed by atoms with Crippen molar-refractivity contribution in [3.05, 3.63) is 49.6 Å². The molecule has 42 heavy (non-hydrogen) atoms. The van der Waals surface area contributed by atoms with Crippen LogP contribution in [0, 0.1) is 17.8 Å². The average molecular weight is 579 g/mol. The Hall–Kier alpha value is -3.57. The molecular formula is C31H42N6O5. The van der Waals surface area contributed by atoms with Crippen molar-refractivity contribution in [3.63, 3.8) is 0 Å². The number of fused-ring (bicyclic) bond motifs is 2. The van der Waals surface area contributed by atoms with Crippen LogP contribution in [0.15, 0.2) is 49.6 Å². The van der Waals surface area contributed by atoms with Crippen LogP contribution in [0.4, 0.5) is 0 Å². The molecule has 1 N–H and O–H groups in total. The SMILES string of the molecule is C=CCN(C)C(=O)[C@@H]1[C@H]2C(=O)N([C@@H](CO)CC(C)C)C(C(=O)N(CC=C)Cn3nnc4ccccc43)C23CC[C@@]1(C)O3. The molecule has 5 rings (SSSR count). The predicted octanol–water partition coefficient (Wildman–Crippen LogP) is 2.22. The van der Waals surface area contributed by atoms with Gasteiger partial charge in [-0.25, -0.2) is 4.68 Å². The van der Waals surface area contributed by atoms with Gasteiger partial charge in [0, 0.05) is 20.1 Å². The lowest BCUT2D eigenvalue weighted by atomic mass is 9.66. The molecule has 0 saturated carbocycles. The van der Waals surface area contributed by atoms with Crippen molar-refractivity contribution < 1.29 is 24.2 Å². The molecular weight excluding hydrogens is 536 g/mol. The molecule has 1 aromatic carbocycles. The maximum absolute atomic E-state index is 14.8. The molecule has 2 bridgehead atoms. The van der Waals surface area contributed by atoms with Gasteiger partial charge in [0.1, 0.15) is 23.8 Å². The van der Waals surface area contributed by atoms with Crippen LogP contribution in [0.2, 0.25) is 0 Å². The van der Waals surface area contributed by atoms with Gasteiger partial charge in [-0.3, -0.25) is 14.4 Å². The van der Waals surface area contributed by atoms with Gasteiger partial charge >= 0.3 is 0 Å². The third kappa shape index (κ3) is 4.63. The number of ether oxygens (including phenoxy) is 1. The summed E-state index contributed by atoms with van der Waals surface area (Å²) in [6, 6.07) is 5.86. The summed E-state index contributed by atoms with van der Waals surface area (Å²) in [7, 11) is 1.69. The highest BCUT2D eigenvalue weighted by Crippen LogP contribution is 2.64. The Morgan fingerprint density at radius 3 is 2.57 bits per heavy atom. The van der Waals surface area contributed by atoms with Crippen LogP contribution in [0.3, 0.4) is 0 Å². The number of aliphatic hydroxyl groups excluding tert-OH is 1. The number of para-hydroxylation sites is 1. The lowest BCUT2D eigenvalue weighted by Crippen LogP contribution is -2.59. The average Bonchev–Trinajstić information content (AvgIpc) is 3.66. The Bertz CT molecular complexity index is 1390. The molecule has 3 saturated heterocycles. The van der Waals surface area contributed by atoms with E-state index in [2.05, 4.69) is 23.5 Å². The Morgan fingerprint density at radius 2 is 1.90 bits per heavy atom. The number of hydrogen-bond donors (Lipinski definition) is 1. The van der Waals surface area contributed by atoms with E-state index in [-0.39, 0.29) is 43.5 Å². The molecule has 3 fully saturated rings. The maximum atomic E-state index is 14.8. The highest BCUT2D eigenvalue weighted by atomic mass is 16.5. The molecule has 3 amide bonds. The third-order valence-corrected chi connectivity index (χ3v) is 9.23. The fraction of sp³-hybridized carbons (Fsp3) is 0.581. The van der Waals surface area contributed by atoms with Crippen LogP contribution < -0.4 is 0 Å². The lowest BCUT2D eigenvalue weighted by molar-refractivity contribution is -0.157. The Kier molecular flexibility index (Phi) is 8.02. The largest absolute Gasteiger partial charge is 0.394 e. The van der Waals surface area contributed by atoms with Crippen molar-refractivity contribution in [3.8, 4) is 0 Å². The van der Waals surface area contributed by atoms with E-state index in [1.807, 2.05) is 45.0 Å². The normalized spacial score (nSPS) is 28.8. The second-order valence-corrected chi connectivity index (χ2v) is 12.5. The van der Waals surface area contributed by atoms with Gasteiger partial charge in [0.25, 0.3) is 0 Å². The molecule has 2 unspecified atom stereocenters. The Labute approximate surface area is 246 Å². The minimum atomic E-state index is -1.20. The summed E-state index contributed by atoms with van der Waals surface area (Å²) in [6.07, 6.45) is 4.77. The van der Waals surface area contributed by atoms with Gasteiger partial charge in [0.2, 0.25) is 17.7 Å². The second-order valence-electron chi connectivity index (χ2n) is 12.5. The van der Waals surface area contributed by atoms with Crippen molar-refractivity contribution in [2.24, 2.45) is 17.8 Å². The monoisotopic (exact) mass is 578 g/mol. The molecule has 11 nitrogen and oxygen atoms in total. The van der Waals surface area contributed by atoms with Crippen molar-refractivity contribution in [1.29, 1.82) is 0 Å². The minimum Gasteiger partial charge on any atom is -0.394 e. The Morgan fingerprint density at radius 1 is 1.19 bits per heavy atom. The molecule has 3 aliphatic rings. The van der Waals surface area contributed by atoms with Crippen LogP contribution >= 0.6 is 0 Å². The highest BCUT2D eigenvalue weighted by Gasteiger charge is 2.78. The van der Waals surface area contributed by atoms with E-state index in [9.17, 15) is 19.5 Å². The minimum absolute atomic E-state index is 0.0836. The zero-order valence-electron chi connectivity index (χ0n) is 25.0. The number of benzene rings is 1. The summed E-state index contributed by atoms with van der Waals surface area (Å²) in [5, 5.41) is 19.1. The second kappa shape index (κ2) is 11.3. The van der Waals surface area contributed by atoms with E-state index >= 15 is 0 Å². The number of nitrogens with zero attached hydrogens (tertiary/aromatic N) is 6. The van der Waals surface area contributed by atoms with Gasteiger partial charge < -0.3 is 24.5 Å². The smallest absolute Gasteiger partial charge is 0.250 e. The molecule has 1 spiro atoms. The van der Waals surface area contributed by atoms with E-state index in [0.717, 1.165) is 5.52 Å². The third-order valence-electron chi connectivity index (χ3n) is 9.23. The molecule has 0 radical (unpaired) electrons. The van der Waals surface area contributed by atoms with Crippen LogP contribution in [-0.2, 0) is 25.8 Å². The lowest BCUT2D eigenvalue weighted by Gasteiger charge is -2.39. The van der Waals surface area contributed by atoms with E-state index in [4.69, 9.17) is 4.74 Å². The number of hydrogen-bond acceptors (Lipinski definition) is 7. The first-order valence-corrected chi connectivity index (χ1v) is 14.7.